The van der Waals surface area contributed by atoms with Crippen LogP contribution in [0.2, 0.25) is 0 Å². The summed E-state index contributed by atoms with van der Waals surface area (Å²) in [5.74, 6) is 2.02. The number of hydrogen-bond acceptors (Lipinski definition) is 4. The summed E-state index contributed by atoms with van der Waals surface area (Å²) in [4.78, 5) is 4.55. The fourth-order valence-electron chi connectivity index (χ4n) is 2.98. The monoisotopic (exact) mass is 334 g/mol. The summed E-state index contributed by atoms with van der Waals surface area (Å²) in [5, 5.41) is 0. The number of nitrogens with zero attached hydrogens (tertiary/aromatic N) is 1. The van der Waals surface area contributed by atoms with E-state index in [1.807, 2.05) is 42.5 Å². The standard InChI is InChI=1S/C21H22N2O2/c1-24-19-12-11-16(14-20(19)25-2)17(13-15-7-4-3-5-8-15)18-9-6-10-21(22)23-18/h3-12,14,17H,13H2,1-2H3,(H2,22,23). The molecular weight excluding hydrogens is 312 g/mol. The first kappa shape index (κ1) is 16.8. The normalized spacial score (nSPS) is 11.8. The molecule has 0 bridgehead atoms. The molecule has 3 aromatic rings. The number of benzene rings is 2. The Hall–Kier alpha value is -3.01. The van der Waals surface area contributed by atoms with Crippen molar-refractivity contribution in [3.05, 3.63) is 83.6 Å². The van der Waals surface area contributed by atoms with Gasteiger partial charge in [-0.3, -0.25) is 0 Å². The van der Waals surface area contributed by atoms with Gasteiger partial charge in [-0.15, -0.1) is 0 Å². The third-order valence-electron chi connectivity index (χ3n) is 4.24. The summed E-state index contributed by atoms with van der Waals surface area (Å²) in [6, 6.07) is 22.1. The lowest BCUT2D eigenvalue weighted by atomic mass is 9.88. The molecule has 0 spiro atoms. The smallest absolute Gasteiger partial charge is 0.161 e. The minimum atomic E-state index is 0.0747. The van der Waals surface area contributed by atoms with Crippen LogP contribution in [-0.4, -0.2) is 19.2 Å². The number of rotatable bonds is 6. The summed E-state index contributed by atoms with van der Waals surface area (Å²) in [5.41, 5.74) is 9.21. The van der Waals surface area contributed by atoms with Gasteiger partial charge in [-0.05, 0) is 41.8 Å². The maximum atomic E-state index is 5.91. The number of methoxy groups -OCH3 is 2. The zero-order valence-corrected chi connectivity index (χ0v) is 14.5. The number of anilines is 1. The number of aromatic nitrogens is 1. The van der Waals surface area contributed by atoms with E-state index in [4.69, 9.17) is 15.2 Å². The Morgan fingerprint density at radius 3 is 2.32 bits per heavy atom. The van der Waals surface area contributed by atoms with Gasteiger partial charge in [0.2, 0.25) is 0 Å². The van der Waals surface area contributed by atoms with Gasteiger partial charge in [0.05, 0.1) is 19.9 Å². The molecule has 2 N–H and O–H groups in total. The Labute approximate surface area is 148 Å². The van der Waals surface area contributed by atoms with Crippen LogP contribution in [0.3, 0.4) is 0 Å². The van der Waals surface area contributed by atoms with E-state index in [1.54, 1.807) is 20.3 Å². The topological polar surface area (TPSA) is 57.4 Å². The van der Waals surface area contributed by atoms with Crippen molar-refractivity contribution in [1.29, 1.82) is 0 Å². The Balaban J connectivity index is 2.04. The van der Waals surface area contributed by atoms with Crippen LogP contribution in [0.5, 0.6) is 11.5 Å². The average Bonchev–Trinajstić information content (AvgIpc) is 2.66. The summed E-state index contributed by atoms with van der Waals surface area (Å²) in [6.07, 6.45) is 0.826. The van der Waals surface area contributed by atoms with Crippen molar-refractivity contribution in [2.75, 3.05) is 20.0 Å². The lowest BCUT2D eigenvalue weighted by molar-refractivity contribution is 0.354. The van der Waals surface area contributed by atoms with E-state index >= 15 is 0 Å². The largest absolute Gasteiger partial charge is 0.493 e. The zero-order valence-electron chi connectivity index (χ0n) is 14.5. The molecule has 1 unspecified atom stereocenters. The molecule has 1 aromatic heterocycles. The second-order valence-corrected chi connectivity index (χ2v) is 5.84. The molecule has 1 heterocycles. The van der Waals surface area contributed by atoms with E-state index in [2.05, 4.69) is 23.2 Å². The van der Waals surface area contributed by atoms with Gasteiger partial charge in [0.25, 0.3) is 0 Å². The number of nitrogen functional groups attached to an aromatic ring is 1. The third kappa shape index (κ3) is 3.91. The van der Waals surface area contributed by atoms with Crippen LogP contribution < -0.4 is 15.2 Å². The fourth-order valence-corrected chi connectivity index (χ4v) is 2.98. The highest BCUT2D eigenvalue weighted by Crippen LogP contribution is 2.34. The van der Waals surface area contributed by atoms with Crippen molar-refractivity contribution < 1.29 is 9.47 Å². The molecule has 0 aliphatic rings. The Morgan fingerprint density at radius 2 is 1.64 bits per heavy atom. The van der Waals surface area contributed by atoms with Crippen LogP contribution in [0.25, 0.3) is 0 Å². The minimum Gasteiger partial charge on any atom is -0.493 e. The molecule has 0 radical (unpaired) electrons. The second-order valence-electron chi connectivity index (χ2n) is 5.84. The van der Waals surface area contributed by atoms with Crippen molar-refractivity contribution in [1.82, 2.24) is 4.98 Å². The number of pyridine rings is 1. The van der Waals surface area contributed by atoms with E-state index in [0.29, 0.717) is 17.3 Å². The van der Waals surface area contributed by atoms with Gasteiger partial charge >= 0.3 is 0 Å². The molecule has 1 atom stereocenters. The molecule has 128 valence electrons. The van der Waals surface area contributed by atoms with Crippen LogP contribution in [-0.2, 0) is 6.42 Å². The SMILES string of the molecule is COc1ccc(C(Cc2ccccc2)c2cccc(N)n2)cc1OC. The van der Waals surface area contributed by atoms with Crippen molar-refractivity contribution in [3.63, 3.8) is 0 Å². The average molecular weight is 334 g/mol. The van der Waals surface area contributed by atoms with Gasteiger partial charge in [0, 0.05) is 5.92 Å². The Kier molecular flexibility index (Phi) is 5.19. The first-order valence-corrected chi connectivity index (χ1v) is 8.19. The lowest BCUT2D eigenvalue weighted by Crippen LogP contribution is -2.09. The first-order chi connectivity index (χ1) is 12.2. The van der Waals surface area contributed by atoms with Crippen molar-refractivity contribution >= 4 is 5.82 Å². The van der Waals surface area contributed by atoms with Gasteiger partial charge in [0.15, 0.2) is 11.5 Å². The van der Waals surface area contributed by atoms with Gasteiger partial charge in [-0.25, -0.2) is 4.98 Å². The summed E-state index contributed by atoms with van der Waals surface area (Å²) >= 11 is 0. The molecule has 2 aromatic carbocycles. The highest BCUT2D eigenvalue weighted by Gasteiger charge is 2.19. The molecule has 3 rings (SSSR count). The molecule has 0 amide bonds. The number of nitrogens with two attached hydrogens (primary N) is 1. The predicted octanol–water partition coefficient (Wildman–Crippen LogP) is 4.06. The van der Waals surface area contributed by atoms with E-state index in [1.165, 1.54) is 5.56 Å². The molecule has 4 nitrogen and oxygen atoms in total. The highest BCUT2D eigenvalue weighted by atomic mass is 16.5. The maximum Gasteiger partial charge on any atom is 0.161 e. The molecule has 0 saturated heterocycles. The summed E-state index contributed by atoms with van der Waals surface area (Å²) < 4.78 is 10.8. The lowest BCUT2D eigenvalue weighted by Gasteiger charge is -2.19. The Morgan fingerprint density at radius 1 is 0.880 bits per heavy atom. The van der Waals surface area contributed by atoms with Gasteiger partial charge < -0.3 is 15.2 Å². The molecule has 0 fully saturated rings. The van der Waals surface area contributed by atoms with Crippen LogP contribution in [0, 0.1) is 0 Å². The van der Waals surface area contributed by atoms with Crippen molar-refractivity contribution in [2.24, 2.45) is 0 Å². The number of hydrogen-bond donors (Lipinski definition) is 1. The van der Waals surface area contributed by atoms with Crippen LogP contribution >= 0.6 is 0 Å². The molecule has 0 aliphatic heterocycles. The maximum absolute atomic E-state index is 5.91. The molecular formula is C21H22N2O2. The van der Waals surface area contributed by atoms with Gasteiger partial charge in [-0.2, -0.15) is 0 Å². The quantitative estimate of drug-likeness (QED) is 0.739. The zero-order chi connectivity index (χ0) is 17.6. The summed E-state index contributed by atoms with van der Waals surface area (Å²) in [6.45, 7) is 0. The van der Waals surface area contributed by atoms with E-state index in [-0.39, 0.29) is 5.92 Å². The van der Waals surface area contributed by atoms with E-state index in [9.17, 15) is 0 Å². The highest BCUT2D eigenvalue weighted by molar-refractivity contribution is 5.46. The van der Waals surface area contributed by atoms with Crippen LogP contribution in [0.4, 0.5) is 5.82 Å². The Bertz CT molecular complexity index is 834. The second kappa shape index (κ2) is 7.71. The van der Waals surface area contributed by atoms with Gasteiger partial charge in [0.1, 0.15) is 5.82 Å². The minimum absolute atomic E-state index is 0.0747. The first-order valence-electron chi connectivity index (χ1n) is 8.19. The molecule has 0 saturated carbocycles. The van der Waals surface area contributed by atoms with E-state index < -0.39 is 0 Å². The number of ether oxygens (including phenoxy) is 2. The van der Waals surface area contributed by atoms with Crippen molar-refractivity contribution in [3.8, 4) is 11.5 Å². The van der Waals surface area contributed by atoms with Crippen molar-refractivity contribution in [2.45, 2.75) is 12.3 Å². The fraction of sp³-hybridized carbons (Fsp3) is 0.190. The third-order valence-corrected chi connectivity index (χ3v) is 4.24. The van der Waals surface area contributed by atoms with Crippen LogP contribution in [0.15, 0.2) is 66.7 Å². The molecule has 4 heteroatoms. The molecule has 25 heavy (non-hydrogen) atoms. The summed E-state index contributed by atoms with van der Waals surface area (Å²) in [7, 11) is 3.28. The van der Waals surface area contributed by atoms with E-state index in [0.717, 1.165) is 17.7 Å². The van der Waals surface area contributed by atoms with Crippen LogP contribution in [0.1, 0.15) is 22.7 Å². The molecule has 0 aliphatic carbocycles. The van der Waals surface area contributed by atoms with Gasteiger partial charge in [-0.1, -0.05) is 42.5 Å². The predicted molar refractivity (Wildman–Crippen MR) is 100 cm³/mol.